The van der Waals surface area contributed by atoms with Crippen molar-refractivity contribution in [3.05, 3.63) is 11.9 Å². The highest BCUT2D eigenvalue weighted by Gasteiger charge is 2.19. The van der Waals surface area contributed by atoms with Crippen LogP contribution in [-0.2, 0) is 14.9 Å². The number of hydrogen-bond donors (Lipinski definition) is 2. The van der Waals surface area contributed by atoms with E-state index in [1.54, 1.807) is 13.2 Å². The molecule has 0 aliphatic carbocycles. The fourth-order valence-corrected chi connectivity index (χ4v) is 1.36. The van der Waals surface area contributed by atoms with Gasteiger partial charge in [0, 0.05) is 18.6 Å². The van der Waals surface area contributed by atoms with E-state index < -0.39 is 0 Å². The summed E-state index contributed by atoms with van der Waals surface area (Å²) in [6.45, 7) is 8.09. The number of ether oxygens (including phenoxy) is 3. The number of methoxy groups -OCH3 is 1. The van der Waals surface area contributed by atoms with Gasteiger partial charge < -0.3 is 19.6 Å². The zero-order chi connectivity index (χ0) is 15.0. The molecule has 1 aromatic heterocycles. The predicted octanol–water partition coefficient (Wildman–Crippen LogP) is 1.10. The van der Waals surface area contributed by atoms with E-state index in [0.29, 0.717) is 43.9 Å². The Hall–Kier alpha value is -1.44. The second-order valence-electron chi connectivity index (χ2n) is 5.26. The lowest BCUT2D eigenvalue weighted by Crippen LogP contribution is -2.20. The van der Waals surface area contributed by atoms with Crippen molar-refractivity contribution < 1.29 is 14.2 Å². The molecule has 0 aliphatic rings. The second-order valence-corrected chi connectivity index (χ2v) is 5.26. The average Bonchev–Trinajstić information content (AvgIpc) is 2.41. The summed E-state index contributed by atoms with van der Waals surface area (Å²) < 4.78 is 15.7. The fraction of sp³-hybridized carbons (Fsp3) is 0.692. The Morgan fingerprint density at radius 1 is 1.15 bits per heavy atom. The van der Waals surface area contributed by atoms with Gasteiger partial charge >= 0.3 is 0 Å². The number of nitrogen functional groups attached to an aromatic ring is 1. The Labute approximate surface area is 119 Å². The Balaban J connectivity index is 2.56. The average molecular weight is 284 g/mol. The topological polar surface area (TPSA) is 91.5 Å². The molecule has 0 spiro atoms. The van der Waals surface area contributed by atoms with Crippen LogP contribution in [0, 0.1) is 0 Å². The highest BCUT2D eigenvalue weighted by molar-refractivity contribution is 5.37. The minimum absolute atomic E-state index is 0.181. The first kappa shape index (κ1) is 16.6. The first-order chi connectivity index (χ1) is 9.47. The lowest BCUT2D eigenvalue weighted by atomic mass is 9.96. The Bertz CT molecular complexity index is 407. The van der Waals surface area contributed by atoms with Crippen LogP contribution < -0.4 is 16.0 Å². The Kier molecular flexibility index (Phi) is 6.63. The molecule has 114 valence electrons. The number of anilines is 1. The standard InChI is InChI=1S/C13H24N4O3/c1-13(2,3)12-15-10(17-14)9-11(16-12)20-8-7-19-6-5-18-4/h9H,5-8,14H2,1-4H3,(H,15,16,17). The third-order valence-electron chi connectivity index (χ3n) is 2.43. The number of nitrogens with two attached hydrogens (primary N) is 1. The Morgan fingerprint density at radius 2 is 1.85 bits per heavy atom. The summed E-state index contributed by atoms with van der Waals surface area (Å²) in [7, 11) is 1.64. The maximum atomic E-state index is 5.55. The van der Waals surface area contributed by atoms with E-state index >= 15 is 0 Å². The van der Waals surface area contributed by atoms with Crippen LogP contribution in [0.4, 0.5) is 5.82 Å². The van der Waals surface area contributed by atoms with Crippen molar-refractivity contribution in [3.8, 4) is 5.88 Å². The quantitative estimate of drug-likeness (QED) is 0.419. The number of aromatic nitrogens is 2. The van der Waals surface area contributed by atoms with Gasteiger partial charge in [-0.2, -0.15) is 4.98 Å². The molecule has 0 radical (unpaired) electrons. The van der Waals surface area contributed by atoms with E-state index in [2.05, 4.69) is 15.4 Å². The van der Waals surface area contributed by atoms with E-state index in [1.807, 2.05) is 20.8 Å². The van der Waals surface area contributed by atoms with Crippen molar-refractivity contribution >= 4 is 5.82 Å². The van der Waals surface area contributed by atoms with E-state index in [4.69, 9.17) is 20.1 Å². The third-order valence-corrected chi connectivity index (χ3v) is 2.43. The van der Waals surface area contributed by atoms with Crippen LogP contribution in [0.3, 0.4) is 0 Å². The largest absolute Gasteiger partial charge is 0.475 e. The van der Waals surface area contributed by atoms with Crippen LogP contribution in [-0.4, -0.2) is 43.5 Å². The molecule has 0 amide bonds. The minimum Gasteiger partial charge on any atom is -0.475 e. The third kappa shape index (κ3) is 5.68. The van der Waals surface area contributed by atoms with Crippen molar-refractivity contribution in [3.63, 3.8) is 0 Å². The molecular formula is C13H24N4O3. The summed E-state index contributed by atoms with van der Waals surface area (Å²) in [5.41, 5.74) is 2.34. The maximum Gasteiger partial charge on any atom is 0.218 e. The lowest BCUT2D eigenvalue weighted by molar-refractivity contribution is 0.0536. The van der Waals surface area contributed by atoms with Crippen LogP contribution >= 0.6 is 0 Å². The highest BCUT2D eigenvalue weighted by Crippen LogP contribution is 2.22. The summed E-state index contributed by atoms with van der Waals surface area (Å²) in [5, 5.41) is 0. The molecule has 3 N–H and O–H groups in total. The summed E-state index contributed by atoms with van der Waals surface area (Å²) in [6.07, 6.45) is 0. The van der Waals surface area contributed by atoms with Gasteiger partial charge in [-0.25, -0.2) is 10.8 Å². The summed E-state index contributed by atoms with van der Waals surface area (Å²) in [6, 6.07) is 1.66. The fourth-order valence-electron chi connectivity index (χ4n) is 1.36. The highest BCUT2D eigenvalue weighted by atomic mass is 16.5. The van der Waals surface area contributed by atoms with Crippen LogP contribution in [0.25, 0.3) is 0 Å². The molecule has 0 unspecified atom stereocenters. The van der Waals surface area contributed by atoms with Gasteiger partial charge in [-0.15, -0.1) is 0 Å². The van der Waals surface area contributed by atoms with Crippen LogP contribution in [0.15, 0.2) is 6.07 Å². The van der Waals surface area contributed by atoms with Crippen LogP contribution in [0.5, 0.6) is 5.88 Å². The first-order valence-corrected chi connectivity index (χ1v) is 6.53. The SMILES string of the molecule is COCCOCCOc1cc(NN)nc(C(C)(C)C)n1. The zero-order valence-electron chi connectivity index (χ0n) is 12.6. The van der Waals surface area contributed by atoms with Gasteiger partial charge in [-0.3, -0.25) is 0 Å². The predicted molar refractivity (Wildman–Crippen MR) is 76.7 cm³/mol. The molecule has 7 heteroatoms. The van der Waals surface area contributed by atoms with E-state index in [-0.39, 0.29) is 5.41 Å². The molecule has 0 fully saturated rings. The van der Waals surface area contributed by atoms with Gasteiger partial charge in [0.05, 0.1) is 19.8 Å². The van der Waals surface area contributed by atoms with Crippen molar-refractivity contribution in [2.75, 3.05) is 39.0 Å². The van der Waals surface area contributed by atoms with Gasteiger partial charge in [0.2, 0.25) is 5.88 Å². The maximum absolute atomic E-state index is 5.55. The number of rotatable bonds is 8. The zero-order valence-corrected chi connectivity index (χ0v) is 12.6. The summed E-state index contributed by atoms with van der Waals surface area (Å²) in [4.78, 5) is 8.69. The summed E-state index contributed by atoms with van der Waals surface area (Å²) >= 11 is 0. The van der Waals surface area contributed by atoms with E-state index in [0.717, 1.165) is 0 Å². The van der Waals surface area contributed by atoms with Crippen LogP contribution in [0.2, 0.25) is 0 Å². The molecule has 1 rings (SSSR count). The molecule has 0 saturated heterocycles. The van der Waals surface area contributed by atoms with E-state index in [1.165, 1.54) is 0 Å². The van der Waals surface area contributed by atoms with Crippen molar-refractivity contribution in [1.82, 2.24) is 9.97 Å². The monoisotopic (exact) mass is 284 g/mol. The number of hydrazine groups is 1. The smallest absolute Gasteiger partial charge is 0.218 e. The molecule has 20 heavy (non-hydrogen) atoms. The van der Waals surface area contributed by atoms with Gasteiger partial charge in [0.1, 0.15) is 18.2 Å². The Morgan fingerprint density at radius 3 is 2.45 bits per heavy atom. The molecule has 0 saturated carbocycles. The molecule has 7 nitrogen and oxygen atoms in total. The van der Waals surface area contributed by atoms with Gasteiger partial charge in [-0.1, -0.05) is 20.8 Å². The molecule has 0 bridgehead atoms. The van der Waals surface area contributed by atoms with Crippen molar-refractivity contribution in [2.45, 2.75) is 26.2 Å². The van der Waals surface area contributed by atoms with Crippen molar-refractivity contribution in [2.24, 2.45) is 5.84 Å². The summed E-state index contributed by atoms with van der Waals surface area (Å²) in [5.74, 6) is 7.08. The number of nitrogens with zero attached hydrogens (tertiary/aromatic N) is 2. The minimum atomic E-state index is -0.181. The number of nitrogens with one attached hydrogen (secondary N) is 1. The molecular weight excluding hydrogens is 260 g/mol. The molecule has 1 aromatic rings. The molecule has 0 aromatic carbocycles. The number of hydrogen-bond acceptors (Lipinski definition) is 7. The normalized spacial score (nSPS) is 11.4. The second kappa shape index (κ2) is 7.98. The first-order valence-electron chi connectivity index (χ1n) is 6.53. The van der Waals surface area contributed by atoms with Gasteiger partial charge in [0.25, 0.3) is 0 Å². The lowest BCUT2D eigenvalue weighted by Gasteiger charge is -2.18. The van der Waals surface area contributed by atoms with Gasteiger partial charge in [-0.05, 0) is 0 Å². The van der Waals surface area contributed by atoms with E-state index in [9.17, 15) is 0 Å². The van der Waals surface area contributed by atoms with Gasteiger partial charge in [0.15, 0.2) is 0 Å². The van der Waals surface area contributed by atoms with Crippen LogP contribution in [0.1, 0.15) is 26.6 Å². The molecule has 0 atom stereocenters. The molecule has 1 heterocycles. The molecule has 0 aliphatic heterocycles. The van der Waals surface area contributed by atoms with Crippen molar-refractivity contribution in [1.29, 1.82) is 0 Å².